The number of thiocarbonyl (C=S) groups is 1. The van der Waals surface area contributed by atoms with Crippen LogP contribution < -0.4 is 16.0 Å². The summed E-state index contributed by atoms with van der Waals surface area (Å²) in [6.45, 7) is 3.50. The Kier molecular flexibility index (Phi) is 4.99. The highest BCUT2D eigenvalue weighted by atomic mass is 35.5. The summed E-state index contributed by atoms with van der Waals surface area (Å²) in [7, 11) is 0. The van der Waals surface area contributed by atoms with Crippen LogP contribution in [0.2, 0.25) is 10.0 Å². The molecule has 1 aliphatic rings. The first-order valence-corrected chi connectivity index (χ1v) is 8.50. The number of aryl methyl sites for hydroxylation is 1. The lowest BCUT2D eigenvalue weighted by Crippen LogP contribution is -2.46. The second-order valence-electron chi connectivity index (χ2n) is 5.48. The van der Waals surface area contributed by atoms with Crippen molar-refractivity contribution in [3.8, 4) is 0 Å². The molecule has 0 spiro atoms. The first-order chi connectivity index (χ1) is 11.9. The minimum absolute atomic E-state index is 0.319. The highest BCUT2D eigenvalue weighted by Crippen LogP contribution is 2.36. The van der Waals surface area contributed by atoms with Crippen LogP contribution in [0.15, 0.2) is 40.1 Å². The van der Waals surface area contributed by atoms with Crippen LogP contribution >= 0.6 is 35.4 Å². The topological polar surface area (TPSA) is 79.2 Å². The van der Waals surface area contributed by atoms with Crippen LogP contribution in [0.3, 0.4) is 0 Å². The molecule has 0 radical (unpaired) electrons. The first-order valence-electron chi connectivity index (χ1n) is 7.33. The fraction of sp³-hybridized carbons (Fsp3) is 0.188. The number of aromatic nitrogens is 1. The molecule has 0 saturated carbocycles. The molecular formula is C16H14Cl2N4O2S. The number of nitrogens with zero attached hydrogens (tertiary/aromatic N) is 1. The molecule has 3 N–H and O–H groups in total. The summed E-state index contributed by atoms with van der Waals surface area (Å²) in [6.07, 6.45) is 0. The third-order valence-electron chi connectivity index (χ3n) is 3.67. The van der Waals surface area contributed by atoms with Crippen molar-refractivity contribution in [3.05, 3.63) is 56.9 Å². The van der Waals surface area contributed by atoms with Crippen molar-refractivity contribution in [3.63, 3.8) is 0 Å². The second-order valence-corrected chi connectivity index (χ2v) is 6.71. The van der Waals surface area contributed by atoms with Gasteiger partial charge in [0.05, 0.1) is 11.6 Å². The number of carbonyl (C=O) groups is 1. The van der Waals surface area contributed by atoms with Gasteiger partial charge in [0.1, 0.15) is 5.76 Å². The molecule has 1 amide bonds. The molecule has 25 heavy (non-hydrogen) atoms. The van der Waals surface area contributed by atoms with Gasteiger partial charge < -0.3 is 20.5 Å². The Balaban J connectivity index is 2.02. The minimum atomic E-state index is -0.594. The largest absolute Gasteiger partial charge is 0.360 e. The molecule has 1 aliphatic heterocycles. The molecule has 3 rings (SSSR count). The minimum Gasteiger partial charge on any atom is -0.360 e. The fourth-order valence-corrected chi connectivity index (χ4v) is 3.49. The Bertz CT molecular complexity index is 874. The quantitative estimate of drug-likeness (QED) is 0.686. The van der Waals surface area contributed by atoms with E-state index in [9.17, 15) is 4.79 Å². The molecule has 0 bridgehead atoms. The van der Waals surface area contributed by atoms with E-state index in [0.717, 1.165) is 0 Å². The van der Waals surface area contributed by atoms with Gasteiger partial charge in [-0.1, -0.05) is 34.4 Å². The van der Waals surface area contributed by atoms with Gasteiger partial charge in [-0.2, -0.15) is 0 Å². The van der Waals surface area contributed by atoms with Crippen LogP contribution in [0, 0.1) is 6.92 Å². The van der Waals surface area contributed by atoms with Gasteiger partial charge in [0.2, 0.25) is 0 Å². The molecule has 0 aliphatic carbocycles. The number of anilines is 1. The number of hydrogen-bond donors (Lipinski definition) is 3. The summed E-state index contributed by atoms with van der Waals surface area (Å²) in [5, 5.41) is 13.7. The van der Waals surface area contributed by atoms with E-state index in [0.29, 0.717) is 43.6 Å². The van der Waals surface area contributed by atoms with Crippen molar-refractivity contribution < 1.29 is 9.32 Å². The number of rotatable bonds is 3. The molecule has 1 unspecified atom stereocenters. The standard InChI is InChI=1S/C16H14Cl2N4O2S/c1-7-6-11(22-24-7)20-15(23)12-8(2)19-16(25)21-14(12)13-9(17)4-3-5-10(13)18/h3-6,14H,1-2H3,(H2,19,21,25)(H,20,22,23). The summed E-state index contributed by atoms with van der Waals surface area (Å²) < 4.78 is 4.97. The molecule has 2 heterocycles. The predicted molar refractivity (Wildman–Crippen MR) is 101 cm³/mol. The zero-order valence-corrected chi connectivity index (χ0v) is 15.6. The van der Waals surface area contributed by atoms with E-state index < -0.39 is 6.04 Å². The number of halogens is 2. The van der Waals surface area contributed by atoms with E-state index in [-0.39, 0.29) is 5.91 Å². The van der Waals surface area contributed by atoms with Gasteiger partial charge in [0.15, 0.2) is 10.9 Å². The summed E-state index contributed by atoms with van der Waals surface area (Å²) in [5.41, 5.74) is 1.59. The van der Waals surface area contributed by atoms with Gasteiger partial charge in [-0.15, -0.1) is 0 Å². The molecule has 6 nitrogen and oxygen atoms in total. The first kappa shape index (κ1) is 17.7. The monoisotopic (exact) mass is 396 g/mol. The van der Waals surface area contributed by atoms with E-state index in [1.807, 2.05) is 0 Å². The highest BCUT2D eigenvalue weighted by molar-refractivity contribution is 7.80. The van der Waals surface area contributed by atoms with Crippen molar-refractivity contribution in [2.75, 3.05) is 5.32 Å². The van der Waals surface area contributed by atoms with E-state index in [1.165, 1.54) is 0 Å². The zero-order valence-electron chi connectivity index (χ0n) is 13.3. The van der Waals surface area contributed by atoms with E-state index in [4.69, 9.17) is 39.9 Å². The van der Waals surface area contributed by atoms with Crippen LogP contribution in [0.4, 0.5) is 5.82 Å². The average molecular weight is 397 g/mol. The lowest BCUT2D eigenvalue weighted by molar-refractivity contribution is -0.113. The maximum Gasteiger partial charge on any atom is 0.257 e. The van der Waals surface area contributed by atoms with Crippen LogP contribution in [0.25, 0.3) is 0 Å². The maximum absolute atomic E-state index is 12.8. The smallest absolute Gasteiger partial charge is 0.257 e. The number of carbonyl (C=O) groups excluding carboxylic acids is 1. The SMILES string of the molecule is CC1=C(C(=O)Nc2cc(C)on2)C(c2c(Cl)cccc2Cl)NC(=S)N1. The molecule has 1 aromatic heterocycles. The number of amides is 1. The van der Waals surface area contributed by atoms with E-state index in [1.54, 1.807) is 38.1 Å². The Morgan fingerprint density at radius 3 is 2.60 bits per heavy atom. The molecule has 130 valence electrons. The molecule has 9 heteroatoms. The average Bonchev–Trinajstić information content (AvgIpc) is 2.91. The number of hydrogen-bond acceptors (Lipinski definition) is 4. The van der Waals surface area contributed by atoms with Crippen molar-refractivity contribution in [1.29, 1.82) is 0 Å². The molecular weight excluding hydrogens is 383 g/mol. The molecule has 1 atom stereocenters. The van der Waals surface area contributed by atoms with Gasteiger partial charge in [-0.3, -0.25) is 4.79 Å². The molecule has 2 aromatic rings. The van der Waals surface area contributed by atoms with Gasteiger partial charge in [0.25, 0.3) is 5.91 Å². The number of benzene rings is 1. The maximum atomic E-state index is 12.8. The zero-order chi connectivity index (χ0) is 18.1. The van der Waals surface area contributed by atoms with Crippen molar-refractivity contribution in [1.82, 2.24) is 15.8 Å². The molecule has 0 saturated heterocycles. The molecule has 1 aromatic carbocycles. The summed E-state index contributed by atoms with van der Waals surface area (Å²) in [6, 6.07) is 6.19. The fourth-order valence-electron chi connectivity index (χ4n) is 2.61. The number of allylic oxidation sites excluding steroid dienone is 1. The number of nitrogens with one attached hydrogen (secondary N) is 3. The van der Waals surface area contributed by atoms with Crippen molar-refractivity contribution in [2.45, 2.75) is 19.9 Å². The Labute approximate surface area is 159 Å². The van der Waals surface area contributed by atoms with Crippen molar-refractivity contribution >= 4 is 52.3 Å². The Hall–Kier alpha value is -2.09. The van der Waals surface area contributed by atoms with Crippen LogP contribution in [-0.4, -0.2) is 16.2 Å². The predicted octanol–water partition coefficient (Wildman–Crippen LogP) is 3.72. The normalized spacial score (nSPS) is 17.1. The van der Waals surface area contributed by atoms with Crippen LogP contribution in [0.5, 0.6) is 0 Å². The lowest BCUT2D eigenvalue weighted by atomic mass is 9.94. The summed E-state index contributed by atoms with van der Waals surface area (Å²) in [4.78, 5) is 12.8. The van der Waals surface area contributed by atoms with Gasteiger partial charge in [-0.05, 0) is 38.2 Å². The second kappa shape index (κ2) is 7.03. The van der Waals surface area contributed by atoms with E-state index >= 15 is 0 Å². The van der Waals surface area contributed by atoms with E-state index in [2.05, 4.69) is 21.1 Å². The van der Waals surface area contributed by atoms with Gasteiger partial charge >= 0.3 is 0 Å². The third kappa shape index (κ3) is 3.63. The Morgan fingerprint density at radius 2 is 2.00 bits per heavy atom. The van der Waals surface area contributed by atoms with Crippen molar-refractivity contribution in [2.24, 2.45) is 0 Å². The molecule has 0 fully saturated rings. The van der Waals surface area contributed by atoms with Crippen LogP contribution in [-0.2, 0) is 4.79 Å². The third-order valence-corrected chi connectivity index (χ3v) is 4.55. The van der Waals surface area contributed by atoms with Crippen LogP contribution in [0.1, 0.15) is 24.3 Å². The summed E-state index contributed by atoms with van der Waals surface area (Å²) in [5.74, 6) is 0.544. The lowest BCUT2D eigenvalue weighted by Gasteiger charge is -2.31. The van der Waals surface area contributed by atoms with Gasteiger partial charge in [-0.25, -0.2) is 0 Å². The highest BCUT2D eigenvalue weighted by Gasteiger charge is 2.32. The summed E-state index contributed by atoms with van der Waals surface area (Å²) >= 11 is 17.9. The Morgan fingerprint density at radius 1 is 1.32 bits per heavy atom. The van der Waals surface area contributed by atoms with Gasteiger partial charge in [0, 0.05) is 27.4 Å².